The molecular formula is C16H21N3O2. The molecule has 1 N–H and O–H groups in total. The molecule has 1 saturated heterocycles. The molecule has 0 radical (unpaired) electrons. The molecule has 0 saturated carbocycles. The maximum Gasteiger partial charge on any atom is 0.223 e. The molecule has 1 amide bonds. The van der Waals surface area contributed by atoms with E-state index in [4.69, 9.17) is 4.74 Å². The monoisotopic (exact) mass is 287 g/mol. The molecule has 5 heteroatoms. The van der Waals surface area contributed by atoms with Gasteiger partial charge in [0.15, 0.2) is 0 Å². The van der Waals surface area contributed by atoms with E-state index in [9.17, 15) is 4.79 Å². The number of hydrogen-bond donors (Lipinski definition) is 1. The van der Waals surface area contributed by atoms with E-state index in [0.717, 1.165) is 29.9 Å². The van der Waals surface area contributed by atoms with E-state index in [-0.39, 0.29) is 5.91 Å². The van der Waals surface area contributed by atoms with Gasteiger partial charge in [-0.3, -0.25) is 4.79 Å². The number of H-pyrrole nitrogens is 1. The molecule has 0 spiro atoms. The molecule has 21 heavy (non-hydrogen) atoms. The van der Waals surface area contributed by atoms with Crippen molar-refractivity contribution in [2.24, 2.45) is 5.92 Å². The summed E-state index contributed by atoms with van der Waals surface area (Å²) in [5.74, 6) is 1.36. The Morgan fingerprint density at radius 3 is 3.14 bits per heavy atom. The van der Waals surface area contributed by atoms with Crippen molar-refractivity contribution in [1.82, 2.24) is 14.9 Å². The maximum absolute atomic E-state index is 12.2. The Bertz CT molecular complexity index is 644. The van der Waals surface area contributed by atoms with Gasteiger partial charge in [-0.25, -0.2) is 4.98 Å². The van der Waals surface area contributed by atoms with Gasteiger partial charge in [0.1, 0.15) is 5.82 Å². The number of aryl methyl sites for hydroxylation is 1. The fourth-order valence-corrected chi connectivity index (χ4v) is 2.71. The van der Waals surface area contributed by atoms with Crippen LogP contribution in [0, 0.1) is 12.8 Å². The van der Waals surface area contributed by atoms with Crippen molar-refractivity contribution in [3.8, 4) is 0 Å². The summed E-state index contributed by atoms with van der Waals surface area (Å²) >= 11 is 0. The van der Waals surface area contributed by atoms with Crippen molar-refractivity contribution in [2.45, 2.75) is 26.3 Å². The van der Waals surface area contributed by atoms with Crippen molar-refractivity contribution in [3.05, 3.63) is 29.6 Å². The van der Waals surface area contributed by atoms with Gasteiger partial charge in [0.05, 0.1) is 17.6 Å². The van der Waals surface area contributed by atoms with Gasteiger partial charge in [-0.1, -0.05) is 6.07 Å². The van der Waals surface area contributed by atoms with Crippen LogP contribution in [-0.2, 0) is 16.1 Å². The number of imidazole rings is 1. The highest BCUT2D eigenvalue weighted by atomic mass is 16.5. The molecule has 0 unspecified atom stereocenters. The van der Waals surface area contributed by atoms with Crippen molar-refractivity contribution >= 4 is 16.9 Å². The lowest BCUT2D eigenvalue weighted by molar-refractivity contribution is -0.131. The van der Waals surface area contributed by atoms with Crippen molar-refractivity contribution in [2.75, 3.05) is 20.3 Å². The highest BCUT2D eigenvalue weighted by molar-refractivity contribution is 5.77. The Morgan fingerprint density at radius 1 is 1.52 bits per heavy atom. The van der Waals surface area contributed by atoms with E-state index in [1.54, 1.807) is 4.90 Å². The molecule has 2 heterocycles. The first-order valence-corrected chi connectivity index (χ1v) is 7.39. The predicted molar refractivity (Wildman–Crippen MR) is 80.8 cm³/mol. The number of carbonyl (C=O) groups is 1. The number of nitrogens with zero attached hydrogens (tertiary/aromatic N) is 2. The number of fused-ring (bicyclic) bond motifs is 1. The number of aromatic nitrogens is 2. The van der Waals surface area contributed by atoms with Gasteiger partial charge in [0.25, 0.3) is 0 Å². The van der Waals surface area contributed by atoms with E-state index in [1.807, 2.05) is 19.2 Å². The van der Waals surface area contributed by atoms with Gasteiger partial charge >= 0.3 is 0 Å². The maximum atomic E-state index is 12.2. The molecular weight excluding hydrogens is 266 g/mol. The van der Waals surface area contributed by atoms with Gasteiger partial charge < -0.3 is 14.6 Å². The minimum Gasteiger partial charge on any atom is -0.381 e. The molecule has 1 fully saturated rings. The van der Waals surface area contributed by atoms with Crippen LogP contribution in [0.25, 0.3) is 11.0 Å². The first kappa shape index (κ1) is 14.1. The normalized spacial score (nSPS) is 18.3. The van der Waals surface area contributed by atoms with E-state index < -0.39 is 0 Å². The summed E-state index contributed by atoms with van der Waals surface area (Å²) in [6.07, 6.45) is 1.55. The zero-order valence-electron chi connectivity index (χ0n) is 12.6. The van der Waals surface area contributed by atoms with Crippen LogP contribution in [-0.4, -0.2) is 41.0 Å². The zero-order valence-corrected chi connectivity index (χ0v) is 12.6. The lowest BCUT2D eigenvalue weighted by Crippen LogP contribution is -2.28. The molecule has 2 aromatic rings. The highest BCUT2D eigenvalue weighted by Crippen LogP contribution is 2.18. The van der Waals surface area contributed by atoms with E-state index >= 15 is 0 Å². The number of ether oxygens (including phenoxy) is 1. The van der Waals surface area contributed by atoms with Gasteiger partial charge in [-0.15, -0.1) is 0 Å². The fourth-order valence-electron chi connectivity index (χ4n) is 2.71. The number of rotatable bonds is 4. The number of benzene rings is 1. The molecule has 1 aromatic heterocycles. The molecule has 0 aliphatic carbocycles. The second-order valence-corrected chi connectivity index (χ2v) is 5.89. The molecule has 1 aromatic carbocycles. The largest absolute Gasteiger partial charge is 0.381 e. The van der Waals surface area contributed by atoms with Crippen LogP contribution >= 0.6 is 0 Å². The number of amides is 1. The van der Waals surface area contributed by atoms with Gasteiger partial charge in [0.2, 0.25) is 5.91 Å². The molecule has 112 valence electrons. The zero-order chi connectivity index (χ0) is 14.8. The second-order valence-electron chi connectivity index (χ2n) is 5.89. The summed E-state index contributed by atoms with van der Waals surface area (Å²) in [6, 6.07) is 6.12. The summed E-state index contributed by atoms with van der Waals surface area (Å²) in [6.45, 7) is 4.06. The Hall–Kier alpha value is -1.88. The first-order valence-electron chi connectivity index (χ1n) is 7.39. The Labute approximate surface area is 124 Å². The molecule has 3 rings (SSSR count). The third-order valence-corrected chi connectivity index (χ3v) is 3.99. The Kier molecular flexibility index (Phi) is 3.92. The average molecular weight is 287 g/mol. The Balaban J connectivity index is 1.64. The first-order chi connectivity index (χ1) is 10.1. The smallest absolute Gasteiger partial charge is 0.223 e. The molecule has 5 nitrogen and oxygen atoms in total. The highest BCUT2D eigenvalue weighted by Gasteiger charge is 2.21. The van der Waals surface area contributed by atoms with E-state index in [2.05, 4.69) is 23.0 Å². The Morgan fingerprint density at radius 2 is 2.38 bits per heavy atom. The summed E-state index contributed by atoms with van der Waals surface area (Å²) in [7, 11) is 1.83. The number of carbonyl (C=O) groups excluding carboxylic acids is 1. The van der Waals surface area contributed by atoms with Crippen LogP contribution < -0.4 is 0 Å². The topological polar surface area (TPSA) is 58.2 Å². The number of nitrogens with one attached hydrogen (secondary N) is 1. The van der Waals surface area contributed by atoms with Gasteiger partial charge in [-0.05, 0) is 37.0 Å². The van der Waals surface area contributed by atoms with Gasteiger partial charge in [0, 0.05) is 26.7 Å². The lowest BCUT2D eigenvalue weighted by atomic mass is 10.0. The van der Waals surface area contributed by atoms with Crippen molar-refractivity contribution < 1.29 is 9.53 Å². The number of hydrogen-bond acceptors (Lipinski definition) is 3. The lowest BCUT2D eigenvalue weighted by Gasteiger charge is -2.17. The predicted octanol–water partition coefficient (Wildman–Crippen LogP) is 2.26. The molecule has 1 aliphatic heterocycles. The van der Waals surface area contributed by atoms with Crippen LogP contribution in [0.4, 0.5) is 0 Å². The summed E-state index contributed by atoms with van der Waals surface area (Å²) in [4.78, 5) is 21.8. The fraction of sp³-hybridized carbons (Fsp3) is 0.500. The molecule has 1 atom stereocenters. The third kappa shape index (κ3) is 3.24. The standard InChI is InChI=1S/C16H21N3O2/c1-11-3-4-13-14(7-11)18-15(17-13)9-19(2)16(20)8-12-5-6-21-10-12/h3-4,7,12H,5-6,8-10H2,1-2H3,(H,17,18)/t12-/m0/s1. The van der Waals surface area contributed by atoms with E-state index in [0.29, 0.717) is 25.5 Å². The quantitative estimate of drug-likeness (QED) is 0.938. The number of aromatic amines is 1. The van der Waals surface area contributed by atoms with Crippen molar-refractivity contribution in [1.29, 1.82) is 0 Å². The third-order valence-electron chi connectivity index (χ3n) is 3.99. The van der Waals surface area contributed by atoms with Crippen LogP contribution in [0.1, 0.15) is 24.2 Å². The van der Waals surface area contributed by atoms with E-state index in [1.165, 1.54) is 5.56 Å². The summed E-state index contributed by atoms with van der Waals surface area (Å²) < 4.78 is 5.32. The van der Waals surface area contributed by atoms with Crippen molar-refractivity contribution in [3.63, 3.8) is 0 Å². The minimum atomic E-state index is 0.155. The minimum absolute atomic E-state index is 0.155. The van der Waals surface area contributed by atoms with Crippen LogP contribution in [0.2, 0.25) is 0 Å². The average Bonchev–Trinajstić information content (AvgIpc) is 3.07. The SMILES string of the molecule is Cc1ccc2nc(CN(C)C(=O)C[C@@H]3CCOC3)[nH]c2c1. The molecule has 1 aliphatic rings. The van der Waals surface area contributed by atoms with Crippen LogP contribution in [0.3, 0.4) is 0 Å². The second kappa shape index (κ2) is 5.85. The van der Waals surface area contributed by atoms with Gasteiger partial charge in [-0.2, -0.15) is 0 Å². The van der Waals surface area contributed by atoms with Crippen LogP contribution in [0.15, 0.2) is 18.2 Å². The summed E-state index contributed by atoms with van der Waals surface area (Å²) in [5, 5.41) is 0. The molecule has 0 bridgehead atoms. The summed E-state index contributed by atoms with van der Waals surface area (Å²) in [5.41, 5.74) is 3.17. The van der Waals surface area contributed by atoms with Crippen LogP contribution in [0.5, 0.6) is 0 Å².